The van der Waals surface area contributed by atoms with Gasteiger partial charge in [-0.1, -0.05) is 48.5 Å². The first-order valence-electron chi connectivity index (χ1n) is 14.7. The molecule has 1 amide bonds. The zero-order chi connectivity index (χ0) is 31.0. The minimum atomic E-state index is -1.05. The molecule has 0 radical (unpaired) electrons. The van der Waals surface area contributed by atoms with E-state index in [1.807, 2.05) is 48.2 Å². The number of piperazine rings is 1. The highest BCUT2D eigenvalue weighted by Gasteiger charge is 2.40. The Morgan fingerprint density at radius 2 is 1.98 bits per heavy atom. The van der Waals surface area contributed by atoms with Gasteiger partial charge in [-0.25, -0.2) is 11.0 Å². The average molecular weight is 621 g/mol. The standard InChI is InChI=1S/C32H34ClFN6O4/c1-19(34)31(41)40-15-14-39(17-23(40)16-35-3)29-28-30(37-32(36-29)42-18-22-10-7-13-38(22)4)44-27(20(2)43-28)24-11-5-8-21-9-6-12-25(33)26(21)24/h5-6,8-9,11-12,20,22-23,27H,1,7,10,13-18H2,2,4H3/t20-,22+,23+,27?/m1/s1. The summed E-state index contributed by atoms with van der Waals surface area (Å²) < 4.78 is 33.1. The molecular weight excluding hydrogens is 587 g/mol. The summed E-state index contributed by atoms with van der Waals surface area (Å²) >= 11 is 6.66. The number of anilines is 1. The lowest BCUT2D eigenvalue weighted by Crippen LogP contribution is -2.56. The van der Waals surface area contributed by atoms with Gasteiger partial charge in [0.25, 0.3) is 11.8 Å². The van der Waals surface area contributed by atoms with Gasteiger partial charge in [0, 0.05) is 41.6 Å². The third-order valence-corrected chi connectivity index (χ3v) is 8.93. The normalized spacial score (nSPS) is 23.4. The summed E-state index contributed by atoms with van der Waals surface area (Å²) in [5.74, 6) is -0.841. The second kappa shape index (κ2) is 12.5. The minimum absolute atomic E-state index is 0.00214. The van der Waals surface area contributed by atoms with Gasteiger partial charge < -0.3 is 33.8 Å². The fraction of sp³-hybridized carbons (Fsp3) is 0.438. The highest BCUT2D eigenvalue weighted by atomic mass is 35.5. The zero-order valence-corrected chi connectivity index (χ0v) is 25.5. The number of amides is 1. The topological polar surface area (TPSA) is 84.6 Å². The first kappa shape index (κ1) is 29.9. The Bertz CT molecular complexity index is 1630. The van der Waals surface area contributed by atoms with Crippen molar-refractivity contribution in [3.05, 3.63) is 70.8 Å². The van der Waals surface area contributed by atoms with Crippen LogP contribution in [0.3, 0.4) is 0 Å². The van der Waals surface area contributed by atoms with Gasteiger partial charge >= 0.3 is 6.01 Å². The van der Waals surface area contributed by atoms with E-state index in [9.17, 15) is 9.18 Å². The first-order chi connectivity index (χ1) is 21.2. The Kier molecular flexibility index (Phi) is 8.47. The number of nitrogens with zero attached hydrogens (tertiary/aromatic N) is 6. The fourth-order valence-corrected chi connectivity index (χ4v) is 6.59. The molecule has 44 heavy (non-hydrogen) atoms. The maximum Gasteiger partial charge on any atom is 0.322 e. The number of carbonyl (C=O) groups is 1. The molecule has 4 heterocycles. The molecular formula is C32H34ClFN6O4. The number of rotatable bonds is 7. The first-order valence-corrected chi connectivity index (χ1v) is 15.1. The summed E-state index contributed by atoms with van der Waals surface area (Å²) in [6.45, 7) is 14.7. The number of carbonyl (C=O) groups excluding carboxylic acids is 1. The van der Waals surface area contributed by atoms with Gasteiger partial charge in [0.1, 0.15) is 18.8 Å². The van der Waals surface area contributed by atoms with Crippen molar-refractivity contribution >= 4 is 34.1 Å². The average Bonchev–Trinajstić information content (AvgIpc) is 3.43. The van der Waals surface area contributed by atoms with Crippen molar-refractivity contribution in [2.45, 2.75) is 44.1 Å². The molecule has 3 aliphatic rings. The van der Waals surface area contributed by atoms with Gasteiger partial charge in [-0.05, 0) is 44.8 Å². The van der Waals surface area contributed by atoms with Crippen LogP contribution >= 0.6 is 11.6 Å². The molecule has 2 fully saturated rings. The van der Waals surface area contributed by atoms with E-state index in [4.69, 9.17) is 37.4 Å². The van der Waals surface area contributed by atoms with Gasteiger partial charge in [0.15, 0.2) is 17.7 Å². The van der Waals surface area contributed by atoms with Gasteiger partial charge in [0.05, 0.1) is 0 Å². The van der Waals surface area contributed by atoms with Crippen LogP contribution in [0.1, 0.15) is 31.4 Å². The summed E-state index contributed by atoms with van der Waals surface area (Å²) in [5.41, 5.74) is 0.872. The number of halogens is 2. The molecule has 0 N–H and O–H groups in total. The summed E-state index contributed by atoms with van der Waals surface area (Å²) in [5, 5.41) is 2.48. The van der Waals surface area contributed by atoms with Crippen LogP contribution in [0.4, 0.5) is 10.2 Å². The lowest BCUT2D eigenvalue weighted by atomic mass is 9.97. The molecule has 0 bridgehead atoms. The van der Waals surface area contributed by atoms with Crippen LogP contribution < -0.4 is 19.1 Å². The Morgan fingerprint density at radius 1 is 1.18 bits per heavy atom. The molecule has 2 aromatic carbocycles. The Balaban J connectivity index is 1.37. The minimum Gasteiger partial charge on any atom is -0.478 e. The molecule has 6 rings (SSSR count). The van der Waals surface area contributed by atoms with Crippen LogP contribution in [0, 0.1) is 6.57 Å². The zero-order valence-electron chi connectivity index (χ0n) is 24.7. The molecule has 0 saturated carbocycles. The number of likely N-dealkylation sites (tertiary alicyclic amines) is 1. The van der Waals surface area contributed by atoms with Crippen LogP contribution in [0.25, 0.3) is 15.6 Å². The summed E-state index contributed by atoms with van der Waals surface area (Å²) in [7, 11) is 2.07. The SMILES string of the molecule is [C-]#[N+]C[C@H]1CN(c2nc(OC[C@@H]3CCCN3C)nc3c2O[C@H](C)C(c2cccc4cccc(Cl)c24)O3)CCN1C(=O)C(=C)F. The van der Waals surface area contributed by atoms with Crippen molar-refractivity contribution in [1.82, 2.24) is 19.8 Å². The van der Waals surface area contributed by atoms with E-state index in [2.05, 4.69) is 28.4 Å². The van der Waals surface area contributed by atoms with E-state index in [0.717, 1.165) is 35.7 Å². The van der Waals surface area contributed by atoms with Gasteiger partial charge in [-0.2, -0.15) is 9.97 Å². The van der Waals surface area contributed by atoms with Crippen LogP contribution in [0.15, 0.2) is 48.8 Å². The molecule has 2 saturated heterocycles. The van der Waals surface area contributed by atoms with E-state index in [-0.39, 0.29) is 37.6 Å². The lowest BCUT2D eigenvalue weighted by Gasteiger charge is -2.41. The quantitative estimate of drug-likeness (QED) is 0.267. The molecule has 1 aromatic heterocycles. The smallest absolute Gasteiger partial charge is 0.322 e. The predicted molar refractivity (Wildman–Crippen MR) is 165 cm³/mol. The monoisotopic (exact) mass is 620 g/mol. The van der Waals surface area contributed by atoms with Crippen LogP contribution in [-0.4, -0.2) is 90.2 Å². The molecule has 1 unspecified atom stereocenters. The number of likely N-dealkylation sites (N-methyl/N-ethyl adjacent to an activating group) is 1. The van der Waals surface area contributed by atoms with E-state index >= 15 is 0 Å². The van der Waals surface area contributed by atoms with E-state index in [1.165, 1.54) is 4.90 Å². The number of ether oxygens (including phenoxy) is 3. The highest BCUT2D eigenvalue weighted by Crippen LogP contribution is 2.46. The van der Waals surface area contributed by atoms with E-state index in [1.54, 1.807) is 0 Å². The van der Waals surface area contributed by atoms with Crippen molar-refractivity contribution in [2.75, 3.05) is 51.3 Å². The lowest BCUT2D eigenvalue weighted by molar-refractivity contribution is -0.131. The van der Waals surface area contributed by atoms with Gasteiger partial charge in [-0.3, -0.25) is 4.79 Å². The van der Waals surface area contributed by atoms with E-state index < -0.39 is 30.0 Å². The summed E-state index contributed by atoms with van der Waals surface area (Å²) in [4.78, 5) is 31.0. The highest BCUT2D eigenvalue weighted by molar-refractivity contribution is 6.35. The third kappa shape index (κ3) is 5.72. The predicted octanol–water partition coefficient (Wildman–Crippen LogP) is 5.08. The number of aromatic nitrogens is 2. The summed E-state index contributed by atoms with van der Waals surface area (Å²) in [6, 6.07) is 11.5. The molecule has 4 atom stereocenters. The maximum absolute atomic E-state index is 13.8. The van der Waals surface area contributed by atoms with Crippen molar-refractivity contribution in [3.8, 4) is 17.6 Å². The molecule has 0 aliphatic carbocycles. The molecule has 10 nitrogen and oxygen atoms in total. The van der Waals surface area contributed by atoms with Crippen molar-refractivity contribution in [3.63, 3.8) is 0 Å². The Morgan fingerprint density at radius 3 is 2.70 bits per heavy atom. The molecule has 230 valence electrons. The van der Waals surface area contributed by atoms with Crippen LogP contribution in [-0.2, 0) is 4.79 Å². The molecule has 0 spiro atoms. The molecule has 3 aromatic rings. The Labute approximate surface area is 260 Å². The maximum atomic E-state index is 13.8. The van der Waals surface area contributed by atoms with Crippen molar-refractivity contribution < 1.29 is 23.4 Å². The second-order valence-corrected chi connectivity index (χ2v) is 11.8. The van der Waals surface area contributed by atoms with E-state index in [0.29, 0.717) is 29.7 Å². The van der Waals surface area contributed by atoms with Crippen LogP contribution in [0.2, 0.25) is 5.02 Å². The number of fused-ring (bicyclic) bond motifs is 2. The third-order valence-electron chi connectivity index (χ3n) is 8.61. The fourth-order valence-electron chi connectivity index (χ4n) is 6.29. The molecule has 3 aliphatic heterocycles. The largest absolute Gasteiger partial charge is 0.478 e. The Hall–Kier alpha value is -4.14. The summed E-state index contributed by atoms with van der Waals surface area (Å²) in [6.07, 6.45) is 1.15. The van der Waals surface area contributed by atoms with Crippen molar-refractivity contribution in [1.29, 1.82) is 0 Å². The number of benzene rings is 2. The molecule has 12 heteroatoms. The van der Waals surface area contributed by atoms with Gasteiger partial charge in [-0.15, -0.1) is 0 Å². The van der Waals surface area contributed by atoms with Gasteiger partial charge in [0.2, 0.25) is 12.3 Å². The second-order valence-electron chi connectivity index (χ2n) is 11.4. The van der Waals surface area contributed by atoms with Crippen LogP contribution in [0.5, 0.6) is 17.6 Å². The number of hydrogen-bond donors (Lipinski definition) is 0. The van der Waals surface area contributed by atoms with Crippen molar-refractivity contribution in [2.24, 2.45) is 0 Å². The number of hydrogen-bond acceptors (Lipinski definition) is 8.